The fraction of sp³-hybridized carbons (Fsp3) is 0.481. The minimum absolute atomic E-state index is 0.0341. The molecule has 1 aliphatic carbocycles. The van der Waals surface area contributed by atoms with E-state index in [2.05, 4.69) is 73.7 Å². The van der Waals surface area contributed by atoms with E-state index in [-0.39, 0.29) is 54.4 Å². The van der Waals surface area contributed by atoms with Crippen molar-refractivity contribution in [3.8, 4) is 10.4 Å². The molecule has 3 aliphatic heterocycles. The highest BCUT2D eigenvalue weighted by atomic mass is 32.2. The van der Waals surface area contributed by atoms with Crippen molar-refractivity contribution in [2.75, 3.05) is 88.0 Å². The molecule has 27 heteroatoms. The Balaban J connectivity index is 0.689. The van der Waals surface area contributed by atoms with Crippen molar-refractivity contribution in [3.05, 3.63) is 161 Å². The molecule has 5 atom stereocenters. The van der Waals surface area contributed by atoms with Crippen LogP contribution >= 0.6 is 23.1 Å². The summed E-state index contributed by atoms with van der Waals surface area (Å²) in [6.07, 6.45) is 4.46. The number of rotatable bonds is 28. The maximum Gasteiger partial charge on any atom is 0.501 e. The fourth-order valence-corrected chi connectivity index (χ4v) is 17.8. The van der Waals surface area contributed by atoms with E-state index in [1.165, 1.54) is 45.5 Å². The van der Waals surface area contributed by atoms with Gasteiger partial charge in [-0.25, -0.2) is 26.5 Å². The highest BCUT2D eigenvalue weighted by molar-refractivity contribution is 7.99. The summed E-state index contributed by atoms with van der Waals surface area (Å²) in [6, 6.07) is 33.4. The first-order valence-electron chi connectivity index (χ1n) is 35.7. The predicted molar refractivity (Wildman–Crippen MR) is 402 cm³/mol. The number of allylic oxidation sites excluding steroid dienone is 1. The number of aliphatic hydroxyl groups is 1. The molecule has 5 aromatic carbocycles. The van der Waals surface area contributed by atoms with Crippen LogP contribution in [0, 0.1) is 17.8 Å². The Hall–Kier alpha value is -7.66. The van der Waals surface area contributed by atoms with Crippen molar-refractivity contribution < 1.29 is 59.1 Å². The molecule has 104 heavy (non-hydrogen) atoms. The molecule has 0 saturated carbocycles. The number of hydrogen-bond acceptors (Lipinski definition) is 17. The number of aliphatic hydroxyl groups excluding tert-OH is 1. The number of anilines is 2. The van der Waals surface area contributed by atoms with E-state index in [1.54, 1.807) is 33.9 Å². The van der Waals surface area contributed by atoms with E-state index in [0.29, 0.717) is 64.5 Å². The topological polar surface area (TPSA) is 251 Å². The Morgan fingerprint density at radius 1 is 0.769 bits per heavy atom. The van der Waals surface area contributed by atoms with E-state index >= 15 is 0 Å². The number of hydrogen-bond donors (Lipinski definition) is 5. The van der Waals surface area contributed by atoms with Crippen molar-refractivity contribution >= 4 is 89.4 Å². The molecular formula is C77H97F3N10O10S4. The van der Waals surface area contributed by atoms with Gasteiger partial charge < -0.3 is 35.8 Å². The summed E-state index contributed by atoms with van der Waals surface area (Å²) in [6.45, 7) is 20.0. The SMILES string of the molecule is Cc1ncsc1-c1ccc([C@H](C)NC(=O)[C@@H]2C[C@@H](O)CN2C(=O)[C@@H](NC(=O)CCCCCC(=O)N2CCN(CC[C@H](CSc3ccccc3)Nc3ccc(S(=O)(=O)NC(=O)c4ccc(N5CCN(CC6=C(c7ccccc7)CCC(C)(C)C6)CC5)cc4)cc3S(=O)(=O)C(F)(F)F)CC2)C(C)(C)C)cc1. The van der Waals surface area contributed by atoms with Crippen molar-refractivity contribution in [3.63, 3.8) is 0 Å². The third kappa shape index (κ3) is 20.5. The van der Waals surface area contributed by atoms with Gasteiger partial charge >= 0.3 is 5.51 Å². The number of piperazine rings is 2. The third-order valence-electron chi connectivity index (χ3n) is 20.1. The van der Waals surface area contributed by atoms with Crippen LogP contribution in [0.15, 0.2) is 153 Å². The standard InChI is InChI=1S/C77H97F3N10O10S4/c1-52(54-23-25-56(26-24-54)70-53(2)81-51-102-70)82-73(95)66-45-61(91)49-90(66)74(96)71(75(3,4)5)84-68(92)21-15-10-16-22-69(93)89-43-37-86(38-44-89)36-34-59(50-101-62-19-13-9-14-20-62)83-65-32-31-63(46-67(65)103(97,98)77(78,79)80)104(99,100)85-72(94)57-27-29-60(30-28-57)88-41-39-87(40-42-88)48-58-47-76(6,7)35-33-64(58)55-17-11-8-12-18-55/h8-9,11-14,17-20,23-32,46,51-52,59,61,66,71,83,91H,10,15-16,21-22,33-45,47-50H2,1-7H3,(H,82,95)(H,84,92)(H,85,94)/t52-,59+,61+,66-,71+/m0/s1. The van der Waals surface area contributed by atoms with E-state index in [0.717, 1.165) is 96.4 Å². The summed E-state index contributed by atoms with van der Waals surface area (Å²) in [5.41, 5.74) is 2.74. The number of unbranched alkanes of at least 4 members (excludes halogenated alkanes) is 2. The van der Waals surface area contributed by atoms with Gasteiger partial charge in [0.25, 0.3) is 25.8 Å². The fourth-order valence-electron chi connectivity index (χ4n) is 14.0. The molecule has 6 aromatic rings. The van der Waals surface area contributed by atoms with Crippen LogP contribution in [0.2, 0.25) is 0 Å². The molecule has 4 aliphatic rings. The average Bonchev–Trinajstić information content (AvgIpc) is 0.971. The van der Waals surface area contributed by atoms with Crippen LogP contribution in [0.25, 0.3) is 16.0 Å². The van der Waals surface area contributed by atoms with Crippen molar-refractivity contribution in [2.45, 2.75) is 163 Å². The number of halogens is 3. The third-order valence-corrected chi connectivity index (χ3v) is 25.1. The largest absolute Gasteiger partial charge is 0.501 e. The van der Waals surface area contributed by atoms with Gasteiger partial charge in [-0.2, -0.15) is 13.2 Å². The number of benzene rings is 5. The molecule has 0 spiro atoms. The quantitative estimate of drug-likeness (QED) is 0.0226. The van der Waals surface area contributed by atoms with Crippen LogP contribution in [-0.4, -0.2) is 184 Å². The summed E-state index contributed by atoms with van der Waals surface area (Å²) in [5.74, 6) is -2.09. The number of amides is 5. The van der Waals surface area contributed by atoms with Crippen molar-refractivity contribution in [2.24, 2.45) is 10.8 Å². The lowest BCUT2D eigenvalue weighted by Crippen LogP contribution is -2.57. The number of thiazole rings is 1. The van der Waals surface area contributed by atoms with Crippen LogP contribution in [0.4, 0.5) is 24.5 Å². The first kappa shape index (κ1) is 78.9. The molecule has 10 rings (SSSR count). The van der Waals surface area contributed by atoms with Crippen LogP contribution in [0.3, 0.4) is 0 Å². The number of sulfonamides is 1. The first-order chi connectivity index (χ1) is 49.3. The average molecular weight is 1510 g/mol. The van der Waals surface area contributed by atoms with Gasteiger partial charge in [-0.05, 0) is 140 Å². The Morgan fingerprint density at radius 2 is 1.42 bits per heavy atom. The maximum atomic E-state index is 14.6. The molecule has 3 saturated heterocycles. The first-order valence-corrected chi connectivity index (χ1v) is 40.5. The van der Waals surface area contributed by atoms with Gasteiger partial charge in [-0.15, -0.1) is 23.1 Å². The van der Waals surface area contributed by atoms with E-state index < -0.39 is 94.3 Å². The van der Waals surface area contributed by atoms with Crippen LogP contribution in [0.5, 0.6) is 0 Å². The number of aryl methyl sites for hydroxylation is 1. The summed E-state index contributed by atoms with van der Waals surface area (Å²) in [5, 5.41) is 19.7. The molecule has 0 radical (unpaired) electrons. The smallest absolute Gasteiger partial charge is 0.391 e. The number of thioether (sulfide) groups is 1. The van der Waals surface area contributed by atoms with Crippen LogP contribution < -0.4 is 25.6 Å². The zero-order chi connectivity index (χ0) is 74.7. The number of carbonyl (C=O) groups excluding carboxylic acids is 5. The monoisotopic (exact) mass is 1510 g/mol. The minimum atomic E-state index is -6.18. The molecule has 20 nitrogen and oxygen atoms in total. The zero-order valence-electron chi connectivity index (χ0n) is 60.2. The van der Waals surface area contributed by atoms with Gasteiger partial charge in [0.2, 0.25) is 23.6 Å². The molecule has 0 bridgehead atoms. The maximum absolute atomic E-state index is 14.6. The Labute approximate surface area is 618 Å². The van der Waals surface area contributed by atoms with Crippen molar-refractivity contribution in [1.82, 2.24) is 39.9 Å². The predicted octanol–water partition coefficient (Wildman–Crippen LogP) is 11.7. The lowest BCUT2D eigenvalue weighted by Gasteiger charge is -2.39. The number of carbonyl (C=O) groups is 5. The Kier molecular flexibility index (Phi) is 26.0. The number of alkyl halides is 3. The highest BCUT2D eigenvalue weighted by Gasteiger charge is 2.49. The molecule has 3 fully saturated rings. The van der Waals surface area contributed by atoms with Gasteiger partial charge in [0.1, 0.15) is 17.0 Å². The highest BCUT2D eigenvalue weighted by Crippen LogP contribution is 2.43. The molecule has 5 amide bonds. The van der Waals surface area contributed by atoms with Gasteiger partial charge in [0, 0.05) is 119 Å². The Bertz CT molecular complexity index is 4240. The second kappa shape index (κ2) is 34.3. The normalized spacial score (nSPS) is 18.7. The number of likely N-dealkylation sites (tertiary alicyclic amines) is 1. The number of sulfone groups is 1. The van der Waals surface area contributed by atoms with E-state index in [4.69, 9.17) is 0 Å². The molecule has 560 valence electrons. The van der Waals surface area contributed by atoms with Gasteiger partial charge in [0.05, 0.1) is 38.8 Å². The van der Waals surface area contributed by atoms with E-state index in [1.807, 2.05) is 100 Å². The van der Waals surface area contributed by atoms with Crippen LogP contribution in [0.1, 0.15) is 139 Å². The number of nitrogens with zero attached hydrogens (tertiary/aromatic N) is 6. The second-order valence-corrected chi connectivity index (χ2v) is 35.1. The second-order valence-electron chi connectivity index (χ2n) is 29.6. The van der Waals surface area contributed by atoms with Gasteiger partial charge in [0.15, 0.2) is 0 Å². The summed E-state index contributed by atoms with van der Waals surface area (Å²) < 4.78 is 100. The summed E-state index contributed by atoms with van der Waals surface area (Å²) >= 11 is 2.94. The molecule has 5 N–H and O–H groups in total. The Morgan fingerprint density at radius 3 is 2.07 bits per heavy atom. The number of β-amino-alcohol motifs (C(OH)–C–C–N with tert-alkyl or cyclic N) is 1. The van der Waals surface area contributed by atoms with Crippen molar-refractivity contribution in [1.29, 1.82) is 0 Å². The number of nitrogens with one attached hydrogen (secondary N) is 4. The van der Waals surface area contributed by atoms with E-state index in [9.17, 15) is 59.1 Å². The lowest BCUT2D eigenvalue weighted by molar-refractivity contribution is -0.144. The zero-order valence-corrected chi connectivity index (χ0v) is 63.5. The molecule has 0 unspecified atom stereocenters. The minimum Gasteiger partial charge on any atom is -0.391 e. The molecule has 4 heterocycles. The van der Waals surface area contributed by atoms with Gasteiger partial charge in [-0.1, -0.05) is 119 Å². The lowest BCUT2D eigenvalue weighted by atomic mass is 9.73. The summed E-state index contributed by atoms with van der Waals surface area (Å²) in [7, 11) is -11.1. The van der Waals surface area contributed by atoms with Gasteiger partial charge in [-0.3, -0.25) is 33.8 Å². The van der Waals surface area contributed by atoms with Crippen LogP contribution in [-0.2, 0) is 39.0 Å². The molecular weight excluding hydrogens is 1410 g/mol. The molecule has 1 aromatic heterocycles. The number of aromatic nitrogens is 1. The summed E-state index contributed by atoms with van der Waals surface area (Å²) in [4.78, 5) is 82.6.